The molecule has 1 atom stereocenters. The standard InChI is InChI=1S/C21H23ClN2O5S/c1-4-23(5-2)30(27,28)15-10-11-17(22)16(13-15)20(25)24-18-9-7-6-8-14(18)12-19(24)21(26)29-3/h6-11,13,19H,4-5,12H2,1-3H3. The second-order valence-electron chi connectivity index (χ2n) is 6.78. The Morgan fingerprint density at radius 3 is 2.47 bits per heavy atom. The van der Waals surface area contributed by atoms with Crippen molar-refractivity contribution in [2.45, 2.75) is 31.2 Å². The summed E-state index contributed by atoms with van der Waals surface area (Å²) in [5.41, 5.74) is 1.41. The van der Waals surface area contributed by atoms with Crippen LogP contribution in [0.3, 0.4) is 0 Å². The van der Waals surface area contributed by atoms with Gasteiger partial charge >= 0.3 is 5.97 Å². The number of sulfonamides is 1. The molecule has 2 aromatic carbocycles. The number of carbonyl (C=O) groups excluding carboxylic acids is 2. The summed E-state index contributed by atoms with van der Waals surface area (Å²) >= 11 is 6.28. The molecule has 0 fully saturated rings. The smallest absolute Gasteiger partial charge is 0.329 e. The second kappa shape index (κ2) is 8.75. The molecule has 7 nitrogen and oxygen atoms in total. The number of nitrogens with zero attached hydrogens (tertiary/aromatic N) is 2. The average molecular weight is 451 g/mol. The fourth-order valence-electron chi connectivity index (χ4n) is 3.63. The Hall–Kier alpha value is -2.42. The third-order valence-electron chi connectivity index (χ3n) is 5.18. The van der Waals surface area contributed by atoms with Crippen molar-refractivity contribution >= 4 is 39.2 Å². The number of benzene rings is 2. The van der Waals surface area contributed by atoms with E-state index in [1.54, 1.807) is 26.0 Å². The first kappa shape index (κ1) is 22.3. The van der Waals surface area contributed by atoms with E-state index >= 15 is 0 Å². The molecular formula is C21H23ClN2O5S. The van der Waals surface area contributed by atoms with Crippen molar-refractivity contribution in [1.82, 2.24) is 4.31 Å². The van der Waals surface area contributed by atoms with E-state index in [9.17, 15) is 18.0 Å². The predicted octanol–water partition coefficient (Wildman–Crippen LogP) is 3.12. The van der Waals surface area contributed by atoms with Crippen LogP contribution in [0.15, 0.2) is 47.4 Å². The lowest BCUT2D eigenvalue weighted by molar-refractivity contribution is -0.141. The van der Waals surface area contributed by atoms with Gasteiger partial charge in [-0.2, -0.15) is 4.31 Å². The van der Waals surface area contributed by atoms with Gasteiger partial charge in [0.15, 0.2) is 0 Å². The molecule has 0 spiro atoms. The number of amides is 1. The molecule has 1 aliphatic rings. The number of carbonyl (C=O) groups is 2. The number of para-hydroxylation sites is 1. The third kappa shape index (κ3) is 3.82. The molecule has 1 heterocycles. The summed E-state index contributed by atoms with van der Waals surface area (Å²) in [4.78, 5) is 27.1. The highest BCUT2D eigenvalue weighted by Crippen LogP contribution is 2.35. The summed E-state index contributed by atoms with van der Waals surface area (Å²) in [5.74, 6) is -1.11. The van der Waals surface area contributed by atoms with Crippen LogP contribution in [0.1, 0.15) is 29.8 Å². The van der Waals surface area contributed by atoms with Gasteiger partial charge in [0, 0.05) is 25.2 Å². The van der Waals surface area contributed by atoms with Gasteiger partial charge in [0.2, 0.25) is 10.0 Å². The van der Waals surface area contributed by atoms with Crippen LogP contribution in [0.2, 0.25) is 5.02 Å². The van der Waals surface area contributed by atoms with Gasteiger partial charge in [0.1, 0.15) is 6.04 Å². The van der Waals surface area contributed by atoms with Crippen LogP contribution >= 0.6 is 11.6 Å². The largest absolute Gasteiger partial charge is 0.467 e. The lowest BCUT2D eigenvalue weighted by atomic mass is 10.1. The number of hydrogen-bond acceptors (Lipinski definition) is 5. The van der Waals surface area contributed by atoms with Crippen molar-refractivity contribution in [3.8, 4) is 0 Å². The molecule has 160 valence electrons. The third-order valence-corrected chi connectivity index (χ3v) is 7.56. The lowest BCUT2D eigenvalue weighted by Gasteiger charge is -2.25. The van der Waals surface area contributed by atoms with Crippen LogP contribution in [0.4, 0.5) is 5.69 Å². The zero-order valence-electron chi connectivity index (χ0n) is 17.0. The van der Waals surface area contributed by atoms with Crippen molar-refractivity contribution in [3.63, 3.8) is 0 Å². The number of rotatable bonds is 6. The Morgan fingerprint density at radius 1 is 1.17 bits per heavy atom. The molecule has 0 N–H and O–H groups in total. The van der Waals surface area contributed by atoms with Gasteiger partial charge in [-0.05, 0) is 29.8 Å². The maximum Gasteiger partial charge on any atom is 0.329 e. The van der Waals surface area contributed by atoms with Crippen LogP contribution in [-0.4, -0.2) is 50.8 Å². The average Bonchev–Trinajstić information content (AvgIpc) is 3.13. The first-order valence-corrected chi connectivity index (χ1v) is 11.4. The zero-order chi connectivity index (χ0) is 22.1. The molecule has 1 amide bonds. The van der Waals surface area contributed by atoms with Crippen LogP contribution in [0, 0.1) is 0 Å². The minimum absolute atomic E-state index is 0.00973. The van der Waals surface area contributed by atoms with E-state index < -0.39 is 27.9 Å². The number of halogens is 1. The summed E-state index contributed by atoms with van der Waals surface area (Å²) in [5, 5.41) is 0.103. The van der Waals surface area contributed by atoms with E-state index in [0.29, 0.717) is 25.2 Å². The summed E-state index contributed by atoms with van der Waals surface area (Å²) in [6, 6.07) is 10.4. The molecule has 0 radical (unpaired) electrons. The van der Waals surface area contributed by atoms with Crippen molar-refractivity contribution in [2.24, 2.45) is 0 Å². The zero-order valence-corrected chi connectivity index (χ0v) is 18.5. The number of anilines is 1. The van der Waals surface area contributed by atoms with E-state index in [-0.39, 0.29) is 15.5 Å². The van der Waals surface area contributed by atoms with E-state index in [1.807, 2.05) is 12.1 Å². The molecule has 1 aliphatic heterocycles. The number of fused-ring (bicyclic) bond motifs is 1. The summed E-state index contributed by atoms with van der Waals surface area (Å²) in [7, 11) is -2.52. The first-order chi connectivity index (χ1) is 14.3. The Labute approximate surface area is 181 Å². The summed E-state index contributed by atoms with van der Waals surface area (Å²) < 4.78 is 32.0. The summed E-state index contributed by atoms with van der Waals surface area (Å²) in [6.45, 7) is 4.08. The molecule has 9 heteroatoms. The van der Waals surface area contributed by atoms with Gasteiger partial charge in [-0.3, -0.25) is 9.69 Å². The Balaban J connectivity index is 2.09. The highest BCUT2D eigenvalue weighted by molar-refractivity contribution is 7.89. The molecule has 0 aromatic heterocycles. The number of hydrogen-bond donors (Lipinski definition) is 0. The van der Waals surface area contributed by atoms with E-state index in [1.165, 1.54) is 34.5 Å². The highest BCUT2D eigenvalue weighted by Gasteiger charge is 2.40. The van der Waals surface area contributed by atoms with Gasteiger partial charge in [0.05, 0.1) is 22.6 Å². The van der Waals surface area contributed by atoms with Crippen LogP contribution < -0.4 is 4.90 Å². The quantitative estimate of drug-likeness (QED) is 0.631. The Kier molecular flexibility index (Phi) is 6.50. The van der Waals surface area contributed by atoms with Crippen molar-refractivity contribution in [2.75, 3.05) is 25.1 Å². The van der Waals surface area contributed by atoms with E-state index in [0.717, 1.165) is 5.56 Å². The summed E-state index contributed by atoms with van der Waals surface area (Å²) in [6.07, 6.45) is 0.309. The van der Waals surface area contributed by atoms with Crippen molar-refractivity contribution in [1.29, 1.82) is 0 Å². The maximum absolute atomic E-state index is 13.5. The van der Waals surface area contributed by atoms with E-state index in [4.69, 9.17) is 16.3 Å². The molecule has 0 bridgehead atoms. The SMILES string of the molecule is CCN(CC)S(=O)(=O)c1ccc(Cl)c(C(=O)N2c3ccccc3CC2C(=O)OC)c1. The van der Waals surface area contributed by atoms with Gasteiger partial charge in [-0.1, -0.05) is 43.6 Å². The molecule has 30 heavy (non-hydrogen) atoms. The lowest BCUT2D eigenvalue weighted by Crippen LogP contribution is -2.43. The topological polar surface area (TPSA) is 84.0 Å². The highest BCUT2D eigenvalue weighted by atomic mass is 35.5. The monoisotopic (exact) mass is 450 g/mol. The molecule has 0 saturated carbocycles. The second-order valence-corrected chi connectivity index (χ2v) is 9.12. The molecule has 0 aliphatic carbocycles. The van der Waals surface area contributed by atoms with Gasteiger partial charge < -0.3 is 4.74 Å². The number of ether oxygens (including phenoxy) is 1. The number of esters is 1. The molecular weight excluding hydrogens is 428 g/mol. The minimum atomic E-state index is -3.78. The number of methoxy groups -OCH3 is 1. The molecule has 2 aromatic rings. The van der Waals surface area contributed by atoms with Gasteiger partial charge in [0.25, 0.3) is 5.91 Å². The molecule has 1 unspecified atom stereocenters. The van der Waals surface area contributed by atoms with Gasteiger partial charge in [-0.15, -0.1) is 0 Å². The van der Waals surface area contributed by atoms with Crippen molar-refractivity contribution < 1.29 is 22.7 Å². The molecule has 3 rings (SSSR count). The first-order valence-electron chi connectivity index (χ1n) is 9.55. The minimum Gasteiger partial charge on any atom is -0.467 e. The van der Waals surface area contributed by atoms with E-state index in [2.05, 4.69) is 0 Å². The maximum atomic E-state index is 13.5. The van der Waals surface area contributed by atoms with Crippen LogP contribution in [-0.2, 0) is 26.0 Å². The fourth-order valence-corrected chi connectivity index (χ4v) is 5.32. The van der Waals surface area contributed by atoms with Crippen LogP contribution in [0.5, 0.6) is 0 Å². The molecule has 0 saturated heterocycles. The Bertz CT molecular complexity index is 1080. The van der Waals surface area contributed by atoms with Crippen molar-refractivity contribution in [3.05, 3.63) is 58.6 Å². The van der Waals surface area contributed by atoms with Gasteiger partial charge in [-0.25, -0.2) is 13.2 Å². The normalized spacial score (nSPS) is 15.9. The Morgan fingerprint density at radius 2 is 1.83 bits per heavy atom. The fraction of sp³-hybridized carbons (Fsp3) is 0.333. The predicted molar refractivity (Wildman–Crippen MR) is 114 cm³/mol. The van der Waals surface area contributed by atoms with Crippen LogP contribution in [0.25, 0.3) is 0 Å².